The second kappa shape index (κ2) is 7.09. The van der Waals surface area contributed by atoms with Crippen LogP contribution in [0, 0.1) is 11.3 Å². The summed E-state index contributed by atoms with van der Waals surface area (Å²) in [6.07, 6.45) is 5.35. The number of Topliss-reactive ketones (excluding diaryl/α,β-unsaturated/α-hetero) is 1. The van der Waals surface area contributed by atoms with Crippen molar-refractivity contribution >= 4 is 17.4 Å². The van der Waals surface area contributed by atoms with E-state index in [0.29, 0.717) is 11.1 Å². The van der Waals surface area contributed by atoms with Crippen LogP contribution in [0.2, 0.25) is 0 Å². The van der Waals surface area contributed by atoms with E-state index in [4.69, 9.17) is 0 Å². The molecule has 1 aliphatic rings. The van der Waals surface area contributed by atoms with Crippen molar-refractivity contribution in [2.45, 2.75) is 25.8 Å². The summed E-state index contributed by atoms with van der Waals surface area (Å²) in [4.78, 5) is 22.3. The molecule has 6 heteroatoms. The largest absolute Gasteiger partial charge is 0.381 e. The molecule has 1 saturated heterocycles. The first-order valence-corrected chi connectivity index (χ1v) is 8.01. The normalized spacial score (nSPS) is 14.9. The van der Waals surface area contributed by atoms with Gasteiger partial charge in [0.05, 0.1) is 11.3 Å². The molecule has 1 aromatic heterocycles. The average Bonchev–Trinajstić information content (AvgIpc) is 2.63. The molecule has 2 aromatic rings. The zero-order valence-corrected chi connectivity index (χ0v) is 13.6. The number of benzene rings is 1. The number of ketones is 1. The van der Waals surface area contributed by atoms with Crippen LogP contribution in [0.25, 0.3) is 0 Å². The standard InChI is InChI=1S/C18H19N5O/c1-13(24)14-3-4-15(12-19)17(11-14)22-16-5-9-23(10-6-16)18-20-7-2-8-21-18/h2-4,7-8,11,16,22H,5-6,9-10H2,1H3. The lowest BCUT2D eigenvalue weighted by molar-refractivity contribution is 0.101. The van der Waals surface area contributed by atoms with Crippen molar-refractivity contribution in [2.75, 3.05) is 23.3 Å². The molecule has 0 saturated carbocycles. The lowest BCUT2D eigenvalue weighted by Crippen LogP contribution is -2.40. The summed E-state index contributed by atoms with van der Waals surface area (Å²) in [7, 11) is 0. The Bertz CT molecular complexity index is 761. The Hall–Kier alpha value is -2.94. The van der Waals surface area contributed by atoms with Gasteiger partial charge in [-0.05, 0) is 44.0 Å². The number of hydrogen-bond donors (Lipinski definition) is 1. The van der Waals surface area contributed by atoms with E-state index in [2.05, 4.69) is 26.3 Å². The van der Waals surface area contributed by atoms with Gasteiger partial charge in [0.2, 0.25) is 5.95 Å². The van der Waals surface area contributed by atoms with Crippen LogP contribution >= 0.6 is 0 Å². The third-order valence-corrected chi connectivity index (χ3v) is 4.24. The van der Waals surface area contributed by atoms with Gasteiger partial charge >= 0.3 is 0 Å². The van der Waals surface area contributed by atoms with Crippen molar-refractivity contribution in [3.8, 4) is 6.07 Å². The van der Waals surface area contributed by atoms with Crippen LogP contribution in [0.1, 0.15) is 35.7 Å². The molecule has 2 heterocycles. The third-order valence-electron chi connectivity index (χ3n) is 4.24. The van der Waals surface area contributed by atoms with Crippen molar-refractivity contribution in [3.63, 3.8) is 0 Å². The molecule has 0 amide bonds. The van der Waals surface area contributed by atoms with Crippen LogP contribution < -0.4 is 10.2 Å². The third kappa shape index (κ3) is 3.51. The molecule has 1 aliphatic heterocycles. The number of carbonyl (C=O) groups is 1. The van der Waals surface area contributed by atoms with Crippen molar-refractivity contribution in [3.05, 3.63) is 47.8 Å². The summed E-state index contributed by atoms with van der Waals surface area (Å²) in [5.74, 6) is 0.755. The minimum absolute atomic E-state index is 0.00131. The lowest BCUT2D eigenvalue weighted by atomic mass is 10.0. The number of rotatable bonds is 4. The lowest BCUT2D eigenvalue weighted by Gasteiger charge is -2.33. The Morgan fingerprint density at radius 3 is 2.62 bits per heavy atom. The summed E-state index contributed by atoms with van der Waals surface area (Å²) in [5.41, 5.74) is 1.92. The van der Waals surface area contributed by atoms with Crippen molar-refractivity contribution in [1.82, 2.24) is 9.97 Å². The molecule has 0 aliphatic carbocycles. The highest BCUT2D eigenvalue weighted by Gasteiger charge is 2.21. The Balaban J connectivity index is 1.67. The first-order valence-electron chi connectivity index (χ1n) is 8.01. The van der Waals surface area contributed by atoms with Crippen molar-refractivity contribution in [1.29, 1.82) is 5.26 Å². The van der Waals surface area contributed by atoms with E-state index in [1.165, 1.54) is 6.92 Å². The molecule has 0 spiro atoms. The van der Waals surface area contributed by atoms with Gasteiger partial charge in [-0.15, -0.1) is 0 Å². The summed E-state index contributed by atoms with van der Waals surface area (Å²) < 4.78 is 0. The van der Waals surface area contributed by atoms with Gasteiger partial charge in [0.15, 0.2) is 5.78 Å². The average molecular weight is 321 g/mol. The minimum atomic E-state index is -0.00131. The van der Waals surface area contributed by atoms with E-state index in [1.807, 2.05) is 6.07 Å². The summed E-state index contributed by atoms with van der Waals surface area (Å²) in [5, 5.41) is 12.7. The monoisotopic (exact) mass is 321 g/mol. The molecular formula is C18H19N5O. The molecule has 24 heavy (non-hydrogen) atoms. The van der Waals surface area contributed by atoms with Gasteiger partial charge in [0.1, 0.15) is 6.07 Å². The summed E-state index contributed by atoms with van der Waals surface area (Å²) in [6.45, 7) is 3.25. The van der Waals surface area contributed by atoms with Crippen molar-refractivity contribution in [2.24, 2.45) is 0 Å². The van der Waals surface area contributed by atoms with Gasteiger partial charge in [0, 0.05) is 37.1 Å². The Morgan fingerprint density at radius 2 is 2.00 bits per heavy atom. The van der Waals surface area contributed by atoms with E-state index >= 15 is 0 Å². The second-order valence-electron chi connectivity index (χ2n) is 5.88. The highest BCUT2D eigenvalue weighted by molar-refractivity contribution is 5.95. The van der Waals surface area contributed by atoms with Gasteiger partial charge in [-0.3, -0.25) is 4.79 Å². The second-order valence-corrected chi connectivity index (χ2v) is 5.88. The number of nitriles is 1. The molecule has 0 radical (unpaired) electrons. The maximum absolute atomic E-state index is 11.6. The van der Waals surface area contributed by atoms with Crippen LogP contribution in [0.3, 0.4) is 0 Å². The number of hydrogen-bond acceptors (Lipinski definition) is 6. The van der Waals surface area contributed by atoms with E-state index in [0.717, 1.165) is 37.6 Å². The predicted octanol–water partition coefficient (Wildman–Crippen LogP) is 2.63. The summed E-state index contributed by atoms with van der Waals surface area (Å²) >= 11 is 0. The molecule has 1 aromatic carbocycles. The molecule has 1 fully saturated rings. The maximum atomic E-state index is 11.6. The molecular weight excluding hydrogens is 302 g/mol. The first-order chi connectivity index (χ1) is 11.7. The van der Waals surface area contributed by atoms with Crippen LogP contribution in [0.4, 0.5) is 11.6 Å². The molecule has 122 valence electrons. The fourth-order valence-electron chi connectivity index (χ4n) is 2.88. The zero-order valence-electron chi connectivity index (χ0n) is 13.6. The Kier molecular flexibility index (Phi) is 4.71. The van der Waals surface area contributed by atoms with Crippen molar-refractivity contribution < 1.29 is 4.79 Å². The number of nitrogens with one attached hydrogen (secondary N) is 1. The minimum Gasteiger partial charge on any atom is -0.381 e. The predicted molar refractivity (Wildman–Crippen MR) is 92.1 cm³/mol. The zero-order chi connectivity index (χ0) is 16.9. The molecule has 0 bridgehead atoms. The number of nitrogens with zero attached hydrogens (tertiary/aromatic N) is 4. The highest BCUT2D eigenvalue weighted by atomic mass is 16.1. The number of carbonyl (C=O) groups excluding carboxylic acids is 1. The number of anilines is 2. The smallest absolute Gasteiger partial charge is 0.225 e. The Labute approximate surface area is 141 Å². The van der Waals surface area contributed by atoms with Crippen LogP contribution in [-0.4, -0.2) is 34.9 Å². The molecule has 6 nitrogen and oxygen atoms in total. The summed E-state index contributed by atoms with van der Waals surface area (Å²) in [6, 6.07) is 9.42. The first kappa shape index (κ1) is 15.9. The molecule has 3 rings (SSSR count). The van der Waals surface area contributed by atoms with Crippen LogP contribution in [-0.2, 0) is 0 Å². The highest BCUT2D eigenvalue weighted by Crippen LogP contribution is 2.23. The SMILES string of the molecule is CC(=O)c1ccc(C#N)c(NC2CCN(c3ncccn3)CC2)c1. The van der Waals surface area contributed by atoms with Gasteiger partial charge < -0.3 is 10.2 Å². The molecule has 0 atom stereocenters. The Morgan fingerprint density at radius 1 is 1.29 bits per heavy atom. The fraction of sp³-hybridized carbons (Fsp3) is 0.333. The topological polar surface area (TPSA) is 81.9 Å². The van der Waals surface area contributed by atoms with E-state index < -0.39 is 0 Å². The molecule has 1 N–H and O–H groups in total. The van der Waals surface area contributed by atoms with Crippen LogP contribution in [0.5, 0.6) is 0 Å². The van der Waals surface area contributed by atoms with Crippen LogP contribution in [0.15, 0.2) is 36.7 Å². The van der Waals surface area contributed by atoms with Gasteiger partial charge in [-0.2, -0.15) is 5.26 Å². The van der Waals surface area contributed by atoms with E-state index in [9.17, 15) is 10.1 Å². The maximum Gasteiger partial charge on any atom is 0.225 e. The number of piperidine rings is 1. The van der Waals surface area contributed by atoms with E-state index in [-0.39, 0.29) is 11.8 Å². The molecule has 0 unspecified atom stereocenters. The van der Waals surface area contributed by atoms with E-state index in [1.54, 1.807) is 30.6 Å². The van der Waals surface area contributed by atoms with Gasteiger partial charge in [-0.1, -0.05) is 0 Å². The quantitative estimate of drug-likeness (QED) is 0.872. The van der Waals surface area contributed by atoms with Gasteiger partial charge in [0.25, 0.3) is 0 Å². The van der Waals surface area contributed by atoms with Gasteiger partial charge in [-0.25, -0.2) is 9.97 Å². The fourth-order valence-corrected chi connectivity index (χ4v) is 2.88. The number of aromatic nitrogens is 2.